The van der Waals surface area contributed by atoms with Gasteiger partial charge in [0, 0.05) is 12.6 Å². The van der Waals surface area contributed by atoms with E-state index in [-0.39, 0.29) is 18.6 Å². The van der Waals surface area contributed by atoms with Crippen molar-refractivity contribution in [2.45, 2.75) is 33.2 Å². The molecular weight excluding hydrogens is 264 g/mol. The molecule has 0 radical (unpaired) electrons. The molecule has 0 aromatic carbocycles. The molecule has 1 unspecified atom stereocenters. The van der Waals surface area contributed by atoms with Crippen LogP contribution in [0.25, 0.3) is 0 Å². The molecule has 5 nitrogen and oxygen atoms in total. The highest BCUT2D eigenvalue weighted by Gasteiger charge is 2.27. The lowest BCUT2D eigenvalue weighted by Crippen LogP contribution is -2.46. The smallest absolute Gasteiger partial charge is 0.315 e. The normalized spacial score (nSPS) is 12.8. The summed E-state index contributed by atoms with van der Waals surface area (Å²) in [6, 6.07) is 1.69. The zero-order chi connectivity index (χ0) is 14.5. The Labute approximate surface area is 117 Å². The molecule has 1 rings (SSSR count). The van der Waals surface area contributed by atoms with Crippen LogP contribution in [0.4, 0.5) is 4.79 Å². The van der Waals surface area contributed by atoms with Gasteiger partial charge in [0.25, 0.3) is 0 Å². The predicted molar refractivity (Wildman–Crippen MR) is 75.4 cm³/mol. The Balaban J connectivity index is 2.33. The van der Waals surface area contributed by atoms with Crippen LogP contribution >= 0.6 is 11.3 Å². The van der Waals surface area contributed by atoms with Crippen LogP contribution < -0.4 is 10.6 Å². The maximum absolute atomic E-state index is 11.6. The highest BCUT2D eigenvalue weighted by atomic mass is 32.1. The van der Waals surface area contributed by atoms with Crippen molar-refractivity contribution in [2.24, 2.45) is 5.41 Å². The van der Waals surface area contributed by atoms with Crippen molar-refractivity contribution >= 4 is 23.3 Å². The second kappa shape index (κ2) is 6.56. The van der Waals surface area contributed by atoms with E-state index >= 15 is 0 Å². The number of hydrogen-bond acceptors (Lipinski definition) is 3. The predicted octanol–water partition coefficient (Wildman–Crippen LogP) is 2.09. The van der Waals surface area contributed by atoms with Gasteiger partial charge in [-0.3, -0.25) is 4.79 Å². The van der Waals surface area contributed by atoms with Crippen LogP contribution in [0.15, 0.2) is 16.8 Å². The summed E-state index contributed by atoms with van der Waals surface area (Å²) in [6.45, 7) is 5.16. The summed E-state index contributed by atoms with van der Waals surface area (Å²) in [4.78, 5) is 22.5. The molecule has 1 atom stereocenters. The fourth-order valence-corrected chi connectivity index (χ4v) is 2.15. The Bertz CT molecular complexity index is 429. The highest BCUT2D eigenvalue weighted by Crippen LogP contribution is 2.13. The summed E-state index contributed by atoms with van der Waals surface area (Å²) in [5.41, 5.74) is 0.220. The lowest BCUT2D eigenvalue weighted by molar-refractivity contribution is -0.146. The fourth-order valence-electron chi connectivity index (χ4n) is 1.47. The third-order valence-corrected chi connectivity index (χ3v) is 3.50. The molecule has 0 fully saturated rings. The van der Waals surface area contributed by atoms with Crippen LogP contribution in [0.3, 0.4) is 0 Å². The fraction of sp³-hybridized carbons (Fsp3) is 0.538. The molecule has 6 heteroatoms. The summed E-state index contributed by atoms with van der Waals surface area (Å²) >= 11 is 1.62. The number of amides is 2. The Morgan fingerprint density at radius 3 is 2.68 bits per heavy atom. The Morgan fingerprint density at radius 1 is 1.47 bits per heavy atom. The summed E-state index contributed by atoms with van der Waals surface area (Å²) in [6.07, 6.45) is 0.763. The van der Waals surface area contributed by atoms with E-state index in [2.05, 4.69) is 10.6 Å². The first-order chi connectivity index (χ1) is 8.81. The first-order valence-corrected chi connectivity index (χ1v) is 7.04. The van der Waals surface area contributed by atoms with Gasteiger partial charge in [-0.2, -0.15) is 11.3 Å². The van der Waals surface area contributed by atoms with Gasteiger partial charge in [-0.1, -0.05) is 0 Å². The highest BCUT2D eigenvalue weighted by molar-refractivity contribution is 7.07. The molecule has 0 spiro atoms. The van der Waals surface area contributed by atoms with Gasteiger partial charge in [0.1, 0.15) is 0 Å². The van der Waals surface area contributed by atoms with Gasteiger partial charge in [-0.15, -0.1) is 0 Å². The molecule has 1 aromatic heterocycles. The molecule has 0 aliphatic rings. The minimum Gasteiger partial charge on any atom is -0.481 e. The van der Waals surface area contributed by atoms with Gasteiger partial charge >= 0.3 is 12.0 Å². The third kappa shape index (κ3) is 5.30. The van der Waals surface area contributed by atoms with Crippen molar-refractivity contribution in [1.29, 1.82) is 0 Å². The average Bonchev–Trinajstić information content (AvgIpc) is 2.78. The van der Waals surface area contributed by atoms with Gasteiger partial charge in [-0.05, 0) is 49.6 Å². The third-order valence-electron chi connectivity index (χ3n) is 2.77. The molecule has 106 valence electrons. The van der Waals surface area contributed by atoms with E-state index in [1.54, 1.807) is 25.2 Å². The lowest BCUT2D eigenvalue weighted by Gasteiger charge is -2.21. The van der Waals surface area contributed by atoms with Crippen LogP contribution in [0.2, 0.25) is 0 Å². The number of nitrogens with one attached hydrogen (secondary N) is 2. The average molecular weight is 284 g/mol. The minimum absolute atomic E-state index is 0.00235. The number of carbonyl (C=O) groups is 2. The molecular formula is C13H20N2O3S. The standard InChI is InChI=1S/C13H20N2O3S/c1-9(6-10-4-5-19-7-10)15-12(18)14-8-13(2,3)11(16)17/h4-5,7,9H,6,8H2,1-3H3,(H,16,17)(H2,14,15,18). The van der Waals surface area contributed by atoms with E-state index in [9.17, 15) is 9.59 Å². The molecule has 0 aliphatic heterocycles. The van der Waals surface area contributed by atoms with Crippen LogP contribution in [0, 0.1) is 5.41 Å². The maximum Gasteiger partial charge on any atom is 0.315 e. The first kappa shape index (κ1) is 15.5. The van der Waals surface area contributed by atoms with Crippen LogP contribution in [0.5, 0.6) is 0 Å². The number of hydrogen-bond donors (Lipinski definition) is 3. The van der Waals surface area contributed by atoms with Crippen molar-refractivity contribution in [2.75, 3.05) is 6.54 Å². The number of carbonyl (C=O) groups excluding carboxylic acids is 1. The van der Waals surface area contributed by atoms with Gasteiger partial charge in [0.05, 0.1) is 5.41 Å². The summed E-state index contributed by atoms with van der Waals surface area (Å²) < 4.78 is 0. The summed E-state index contributed by atoms with van der Waals surface area (Å²) in [5.74, 6) is -0.931. The van der Waals surface area contributed by atoms with E-state index in [0.29, 0.717) is 0 Å². The molecule has 1 heterocycles. The number of urea groups is 1. The molecule has 0 aliphatic carbocycles. The molecule has 0 saturated carbocycles. The van der Waals surface area contributed by atoms with E-state index in [1.165, 1.54) is 5.56 Å². The van der Waals surface area contributed by atoms with Crippen LogP contribution in [-0.4, -0.2) is 29.7 Å². The molecule has 2 amide bonds. The van der Waals surface area contributed by atoms with Gasteiger partial charge in [0.2, 0.25) is 0 Å². The van der Waals surface area contributed by atoms with Crippen LogP contribution in [-0.2, 0) is 11.2 Å². The lowest BCUT2D eigenvalue weighted by atomic mass is 9.94. The number of thiophene rings is 1. The second-order valence-corrected chi connectivity index (χ2v) is 6.03. The minimum atomic E-state index is -0.964. The first-order valence-electron chi connectivity index (χ1n) is 6.10. The van der Waals surface area contributed by atoms with E-state index in [4.69, 9.17) is 5.11 Å². The molecule has 3 N–H and O–H groups in total. The van der Waals surface area contributed by atoms with Crippen LogP contribution in [0.1, 0.15) is 26.3 Å². The zero-order valence-corrected chi connectivity index (χ0v) is 12.2. The monoisotopic (exact) mass is 284 g/mol. The Morgan fingerprint density at radius 2 is 2.16 bits per heavy atom. The largest absolute Gasteiger partial charge is 0.481 e. The molecule has 0 bridgehead atoms. The van der Waals surface area contributed by atoms with Gasteiger partial charge in [-0.25, -0.2) is 4.79 Å². The summed E-state index contributed by atoms with van der Waals surface area (Å²) in [5, 5.41) is 18.4. The maximum atomic E-state index is 11.6. The quantitative estimate of drug-likeness (QED) is 0.748. The Kier molecular flexibility index (Phi) is 5.35. The van der Waals surface area contributed by atoms with E-state index in [0.717, 1.165) is 6.42 Å². The van der Waals surface area contributed by atoms with E-state index < -0.39 is 11.4 Å². The van der Waals surface area contributed by atoms with E-state index in [1.807, 2.05) is 23.8 Å². The number of rotatable bonds is 6. The second-order valence-electron chi connectivity index (χ2n) is 5.25. The van der Waals surface area contributed by atoms with Crippen molar-refractivity contribution in [3.05, 3.63) is 22.4 Å². The SMILES string of the molecule is CC(Cc1ccsc1)NC(=O)NCC(C)(C)C(=O)O. The molecule has 1 aromatic rings. The van der Waals surface area contributed by atoms with Gasteiger partial charge < -0.3 is 15.7 Å². The van der Waals surface area contributed by atoms with Crippen molar-refractivity contribution < 1.29 is 14.7 Å². The van der Waals surface area contributed by atoms with Gasteiger partial charge in [0.15, 0.2) is 0 Å². The topological polar surface area (TPSA) is 78.4 Å². The molecule has 19 heavy (non-hydrogen) atoms. The Hall–Kier alpha value is -1.56. The number of carboxylic acid groups (broad SMARTS) is 1. The van der Waals surface area contributed by atoms with Crippen molar-refractivity contribution in [3.8, 4) is 0 Å². The number of carboxylic acids is 1. The summed E-state index contributed by atoms with van der Waals surface area (Å²) in [7, 11) is 0. The van der Waals surface area contributed by atoms with Crippen molar-refractivity contribution in [1.82, 2.24) is 10.6 Å². The zero-order valence-electron chi connectivity index (χ0n) is 11.4. The number of aliphatic carboxylic acids is 1. The molecule has 0 saturated heterocycles. The van der Waals surface area contributed by atoms with Crippen molar-refractivity contribution in [3.63, 3.8) is 0 Å².